The number of rotatable bonds is 6. The van der Waals surface area contributed by atoms with Gasteiger partial charge in [0.15, 0.2) is 11.4 Å². The standard InChI is InChI=1S/C24H24Cl2F2N4O3/c1-12(19-20(25)16(27)8-17(28)21(19)26)35-23-22-14(9-30-24(23)29)15(11-34-22)13-4-6-32(7-5-13)18(33)10-31(2)3/h4,8-9,11-12H,5-7,10H2,1-3H3,(H2,29,30)/t12-/m1/s1. The highest BCUT2D eigenvalue weighted by molar-refractivity contribution is 6.36. The van der Waals surface area contributed by atoms with Gasteiger partial charge in [-0.3, -0.25) is 4.79 Å². The number of fused-ring (bicyclic) bond motifs is 1. The van der Waals surface area contributed by atoms with Gasteiger partial charge in [0.05, 0.1) is 28.2 Å². The molecule has 0 radical (unpaired) electrons. The first-order valence-electron chi connectivity index (χ1n) is 10.9. The van der Waals surface area contributed by atoms with Crippen LogP contribution in [0.25, 0.3) is 16.5 Å². The fourth-order valence-electron chi connectivity index (χ4n) is 4.04. The number of nitrogen functional groups attached to an aromatic ring is 1. The molecular weight excluding hydrogens is 501 g/mol. The molecule has 4 rings (SSSR count). The molecule has 2 aromatic heterocycles. The highest BCUT2D eigenvalue weighted by Gasteiger charge is 2.26. The van der Waals surface area contributed by atoms with E-state index in [0.29, 0.717) is 43.1 Å². The minimum atomic E-state index is -0.964. The molecule has 0 spiro atoms. The van der Waals surface area contributed by atoms with Crippen LogP contribution in [0.5, 0.6) is 5.75 Å². The monoisotopic (exact) mass is 524 g/mol. The molecule has 35 heavy (non-hydrogen) atoms. The zero-order valence-corrected chi connectivity index (χ0v) is 20.9. The molecule has 2 N–H and O–H groups in total. The number of nitrogens with zero attached hydrogens (tertiary/aromatic N) is 3. The molecule has 0 saturated heterocycles. The van der Waals surface area contributed by atoms with Crippen LogP contribution in [-0.4, -0.2) is 54.4 Å². The molecular formula is C24H24Cl2F2N4O3. The molecule has 0 bridgehead atoms. The summed E-state index contributed by atoms with van der Waals surface area (Å²) in [7, 11) is 3.71. The molecule has 1 atom stereocenters. The van der Waals surface area contributed by atoms with E-state index in [9.17, 15) is 13.6 Å². The maximum absolute atomic E-state index is 14.0. The second kappa shape index (κ2) is 10.0. The minimum Gasteiger partial charge on any atom is -0.478 e. The third kappa shape index (κ3) is 4.94. The summed E-state index contributed by atoms with van der Waals surface area (Å²) in [6, 6.07) is 0.615. The topological polar surface area (TPSA) is 84.8 Å². The summed E-state index contributed by atoms with van der Waals surface area (Å²) in [6.45, 7) is 2.95. The Hall–Kier alpha value is -2.88. The quantitative estimate of drug-likeness (QED) is 0.439. The number of hydrogen-bond donors (Lipinski definition) is 1. The molecule has 7 nitrogen and oxygen atoms in total. The lowest BCUT2D eigenvalue weighted by atomic mass is 9.99. The second-order valence-electron chi connectivity index (χ2n) is 8.56. The molecule has 3 heterocycles. The molecule has 186 valence electrons. The summed E-state index contributed by atoms with van der Waals surface area (Å²) >= 11 is 12.1. The Morgan fingerprint density at radius 1 is 1.31 bits per heavy atom. The second-order valence-corrected chi connectivity index (χ2v) is 9.32. The van der Waals surface area contributed by atoms with E-state index in [-0.39, 0.29) is 33.1 Å². The van der Waals surface area contributed by atoms with Crippen LogP contribution >= 0.6 is 23.2 Å². The van der Waals surface area contributed by atoms with Crippen molar-refractivity contribution < 1.29 is 22.7 Å². The van der Waals surface area contributed by atoms with Crippen LogP contribution in [0.15, 0.2) is 29.0 Å². The Balaban J connectivity index is 1.64. The number of anilines is 1. The van der Waals surface area contributed by atoms with Crippen molar-refractivity contribution in [3.63, 3.8) is 0 Å². The van der Waals surface area contributed by atoms with E-state index in [1.807, 2.05) is 25.1 Å². The summed E-state index contributed by atoms with van der Waals surface area (Å²) < 4.78 is 39.8. The maximum atomic E-state index is 14.0. The molecule has 1 aliphatic heterocycles. The van der Waals surface area contributed by atoms with Crippen molar-refractivity contribution in [1.29, 1.82) is 0 Å². The first-order chi connectivity index (χ1) is 16.6. The summed E-state index contributed by atoms with van der Waals surface area (Å²) in [5, 5.41) is -0.0322. The van der Waals surface area contributed by atoms with Crippen molar-refractivity contribution in [3.05, 3.63) is 57.4 Å². The zero-order valence-electron chi connectivity index (χ0n) is 19.4. The predicted octanol–water partition coefficient (Wildman–Crippen LogP) is 5.31. The number of nitrogens with two attached hydrogens (primary N) is 1. The first-order valence-corrected chi connectivity index (χ1v) is 11.6. The number of carbonyl (C=O) groups excluding carboxylic acids is 1. The Morgan fingerprint density at radius 2 is 2.00 bits per heavy atom. The molecule has 1 amide bonds. The maximum Gasteiger partial charge on any atom is 0.237 e. The van der Waals surface area contributed by atoms with Gasteiger partial charge < -0.3 is 24.7 Å². The van der Waals surface area contributed by atoms with E-state index >= 15 is 0 Å². The van der Waals surface area contributed by atoms with E-state index in [0.717, 1.165) is 11.1 Å². The van der Waals surface area contributed by atoms with Crippen molar-refractivity contribution in [2.75, 3.05) is 39.5 Å². The summed E-state index contributed by atoms with van der Waals surface area (Å²) in [5.41, 5.74) is 8.14. The van der Waals surface area contributed by atoms with Gasteiger partial charge in [-0.25, -0.2) is 13.8 Å². The summed E-state index contributed by atoms with van der Waals surface area (Å²) in [6.07, 6.45) is 4.81. The number of likely N-dealkylation sites (N-methyl/N-ethyl adjacent to an activating group) is 1. The molecule has 0 saturated carbocycles. The highest BCUT2D eigenvalue weighted by Crippen LogP contribution is 2.42. The molecule has 11 heteroatoms. The number of carbonyl (C=O) groups is 1. The van der Waals surface area contributed by atoms with Gasteiger partial charge in [-0.05, 0) is 33.0 Å². The highest BCUT2D eigenvalue weighted by atomic mass is 35.5. The number of pyridine rings is 1. The van der Waals surface area contributed by atoms with Crippen LogP contribution in [0.2, 0.25) is 10.0 Å². The van der Waals surface area contributed by atoms with E-state index in [2.05, 4.69) is 4.98 Å². The van der Waals surface area contributed by atoms with Crippen molar-refractivity contribution in [2.45, 2.75) is 19.4 Å². The lowest BCUT2D eigenvalue weighted by Crippen LogP contribution is -2.40. The summed E-state index contributed by atoms with van der Waals surface area (Å²) in [5.74, 6) is -1.70. The van der Waals surface area contributed by atoms with E-state index in [1.54, 1.807) is 17.4 Å². The first kappa shape index (κ1) is 25.2. The van der Waals surface area contributed by atoms with Gasteiger partial charge in [-0.2, -0.15) is 0 Å². The Morgan fingerprint density at radius 3 is 2.60 bits per heavy atom. The van der Waals surface area contributed by atoms with Crippen LogP contribution in [0.3, 0.4) is 0 Å². The smallest absolute Gasteiger partial charge is 0.237 e. The molecule has 0 unspecified atom stereocenters. The SMILES string of the molecule is C[C@@H](Oc1c(N)ncc2c(C3=CCN(C(=O)CN(C)C)CC3)coc12)c1c(Cl)c(F)cc(F)c1Cl. The number of benzene rings is 1. The van der Waals surface area contributed by atoms with E-state index < -0.39 is 17.7 Å². The normalized spacial score (nSPS) is 15.0. The number of aromatic nitrogens is 1. The van der Waals surface area contributed by atoms with Crippen LogP contribution in [0.1, 0.15) is 30.6 Å². The van der Waals surface area contributed by atoms with Crippen molar-refractivity contribution in [1.82, 2.24) is 14.8 Å². The number of hydrogen-bond acceptors (Lipinski definition) is 6. The zero-order chi connectivity index (χ0) is 25.4. The lowest BCUT2D eigenvalue weighted by Gasteiger charge is -2.27. The summed E-state index contributed by atoms with van der Waals surface area (Å²) in [4.78, 5) is 20.2. The van der Waals surface area contributed by atoms with E-state index in [4.69, 9.17) is 38.1 Å². The number of halogens is 4. The fraction of sp³-hybridized carbons (Fsp3) is 0.333. The van der Waals surface area contributed by atoms with Crippen molar-refractivity contribution >= 4 is 51.5 Å². The molecule has 3 aromatic rings. The predicted molar refractivity (Wildman–Crippen MR) is 132 cm³/mol. The number of amides is 1. The van der Waals surface area contributed by atoms with Gasteiger partial charge in [0, 0.05) is 36.5 Å². The van der Waals surface area contributed by atoms with Crippen molar-refractivity contribution in [3.8, 4) is 5.75 Å². The largest absolute Gasteiger partial charge is 0.478 e. The van der Waals surface area contributed by atoms with Gasteiger partial charge in [-0.15, -0.1) is 0 Å². The lowest BCUT2D eigenvalue weighted by molar-refractivity contribution is -0.131. The molecule has 0 fully saturated rings. The average Bonchev–Trinajstić information content (AvgIpc) is 3.24. The molecule has 1 aliphatic rings. The number of ether oxygens (including phenoxy) is 1. The van der Waals surface area contributed by atoms with Crippen LogP contribution in [0, 0.1) is 11.6 Å². The van der Waals surface area contributed by atoms with E-state index in [1.165, 1.54) is 6.92 Å². The van der Waals surface area contributed by atoms with Crippen LogP contribution in [-0.2, 0) is 4.79 Å². The van der Waals surface area contributed by atoms with Gasteiger partial charge in [-0.1, -0.05) is 29.3 Å². The van der Waals surface area contributed by atoms with Gasteiger partial charge in [0.25, 0.3) is 0 Å². The average molecular weight is 525 g/mol. The van der Waals surface area contributed by atoms with Gasteiger partial charge in [0.2, 0.25) is 11.7 Å². The Kier molecular flexibility index (Phi) is 7.21. The van der Waals surface area contributed by atoms with Crippen LogP contribution in [0.4, 0.5) is 14.6 Å². The van der Waals surface area contributed by atoms with Gasteiger partial charge in [0.1, 0.15) is 17.7 Å². The number of furan rings is 1. The third-order valence-corrected chi connectivity index (χ3v) is 6.58. The molecule has 0 aliphatic carbocycles. The fourth-order valence-corrected chi connectivity index (χ4v) is 4.69. The van der Waals surface area contributed by atoms with Crippen molar-refractivity contribution in [2.24, 2.45) is 0 Å². The minimum absolute atomic E-state index is 0.0347. The Labute approximate surface area is 211 Å². The third-order valence-electron chi connectivity index (χ3n) is 5.81. The molecule has 1 aromatic carbocycles. The Bertz CT molecular complexity index is 1300. The van der Waals surface area contributed by atoms with Crippen LogP contribution < -0.4 is 10.5 Å². The van der Waals surface area contributed by atoms with Gasteiger partial charge >= 0.3 is 0 Å².